The maximum atomic E-state index is 13.2. The predicted molar refractivity (Wildman–Crippen MR) is 84.4 cm³/mol. The van der Waals surface area contributed by atoms with Crippen LogP contribution in [0.2, 0.25) is 0 Å². The summed E-state index contributed by atoms with van der Waals surface area (Å²) in [5.41, 5.74) is 0.232. The third-order valence-electron chi connectivity index (χ3n) is 3.66. The third-order valence-corrected chi connectivity index (χ3v) is 3.66. The number of ether oxygens (including phenoxy) is 1. The van der Waals surface area contributed by atoms with E-state index in [-0.39, 0.29) is 11.7 Å². The molecule has 0 radical (unpaired) electrons. The van der Waals surface area contributed by atoms with Crippen LogP contribution in [0.1, 0.15) is 44.0 Å². The van der Waals surface area contributed by atoms with Gasteiger partial charge < -0.3 is 9.64 Å². The van der Waals surface area contributed by atoms with Crippen molar-refractivity contribution in [1.82, 2.24) is 4.90 Å². The molecule has 0 aliphatic carbocycles. The minimum atomic E-state index is -0.478. The smallest absolute Gasteiger partial charge is 0.295 e. The fraction of sp³-hybridized carbons (Fsp3) is 0.529. The zero-order chi connectivity index (χ0) is 16.1. The number of aliphatic imine (C=N–C) groups is 1. The largest absolute Gasteiger partial charge is 0.462 e. The topological polar surface area (TPSA) is 41.9 Å². The van der Waals surface area contributed by atoms with Crippen LogP contribution < -0.4 is 0 Å². The molecule has 1 aliphatic rings. The Bertz CT molecular complexity index is 549. The van der Waals surface area contributed by atoms with Gasteiger partial charge in [-0.15, -0.1) is 0 Å². The maximum Gasteiger partial charge on any atom is 0.295 e. The average Bonchev–Trinajstić information content (AvgIpc) is 2.47. The number of carbonyl (C=O) groups is 1. The molecule has 0 N–H and O–H groups in total. The highest BCUT2D eigenvalue weighted by molar-refractivity contribution is 6.01. The number of halogens is 1. The molecule has 5 heteroatoms. The molecular formula is C17H23FN2O2. The van der Waals surface area contributed by atoms with Crippen LogP contribution >= 0.6 is 0 Å². The fourth-order valence-corrected chi connectivity index (χ4v) is 2.36. The summed E-state index contributed by atoms with van der Waals surface area (Å²) in [6, 6.07) is 5.90. The van der Waals surface area contributed by atoms with Crippen LogP contribution in [0.4, 0.5) is 4.39 Å². The molecule has 1 fully saturated rings. The van der Waals surface area contributed by atoms with E-state index >= 15 is 0 Å². The van der Waals surface area contributed by atoms with Crippen molar-refractivity contribution in [1.29, 1.82) is 0 Å². The number of amides is 1. The van der Waals surface area contributed by atoms with Gasteiger partial charge in [-0.25, -0.2) is 4.39 Å². The molecule has 1 amide bonds. The van der Waals surface area contributed by atoms with Gasteiger partial charge in [0.05, 0.1) is 6.10 Å². The van der Waals surface area contributed by atoms with Gasteiger partial charge in [0.25, 0.3) is 11.9 Å². The number of amidine groups is 1. The molecule has 0 unspecified atom stereocenters. The summed E-state index contributed by atoms with van der Waals surface area (Å²) >= 11 is 0. The van der Waals surface area contributed by atoms with Crippen LogP contribution in [-0.2, 0) is 4.74 Å². The minimum absolute atomic E-state index is 0.0709. The highest BCUT2D eigenvalue weighted by Gasteiger charge is 2.22. The Hall–Kier alpha value is -1.91. The molecule has 120 valence electrons. The number of hydrogen-bond donors (Lipinski definition) is 0. The molecule has 1 aromatic carbocycles. The minimum Gasteiger partial charge on any atom is -0.462 e. The van der Waals surface area contributed by atoms with Crippen molar-refractivity contribution >= 4 is 11.9 Å². The van der Waals surface area contributed by atoms with Crippen LogP contribution in [0.15, 0.2) is 29.3 Å². The average molecular weight is 306 g/mol. The van der Waals surface area contributed by atoms with Crippen LogP contribution in [0.5, 0.6) is 0 Å². The Morgan fingerprint density at radius 1 is 1.36 bits per heavy atom. The lowest BCUT2D eigenvalue weighted by Gasteiger charge is -2.32. The second kappa shape index (κ2) is 7.38. The lowest BCUT2D eigenvalue weighted by Crippen LogP contribution is -2.40. The van der Waals surface area contributed by atoms with E-state index < -0.39 is 11.7 Å². The van der Waals surface area contributed by atoms with Gasteiger partial charge in [-0.2, -0.15) is 4.99 Å². The molecule has 0 atom stereocenters. The lowest BCUT2D eigenvalue weighted by molar-refractivity contribution is 0.0983. The van der Waals surface area contributed by atoms with Crippen LogP contribution in [-0.4, -0.2) is 36.0 Å². The molecule has 0 aromatic heterocycles. The van der Waals surface area contributed by atoms with Gasteiger partial charge in [-0.05, 0) is 50.8 Å². The highest BCUT2D eigenvalue weighted by Crippen LogP contribution is 2.17. The molecule has 2 rings (SSSR count). The van der Waals surface area contributed by atoms with Gasteiger partial charge in [0, 0.05) is 18.7 Å². The van der Waals surface area contributed by atoms with E-state index in [4.69, 9.17) is 4.74 Å². The second-order valence-corrected chi connectivity index (χ2v) is 6.05. The first-order valence-corrected chi connectivity index (χ1v) is 7.76. The van der Waals surface area contributed by atoms with E-state index in [1.54, 1.807) is 6.07 Å². The summed E-state index contributed by atoms with van der Waals surface area (Å²) in [4.78, 5) is 18.3. The van der Waals surface area contributed by atoms with Crippen molar-refractivity contribution in [2.45, 2.75) is 39.7 Å². The summed E-state index contributed by atoms with van der Waals surface area (Å²) < 4.78 is 18.9. The Labute approximate surface area is 131 Å². The molecule has 0 spiro atoms. The van der Waals surface area contributed by atoms with E-state index in [0.29, 0.717) is 11.9 Å². The first-order valence-electron chi connectivity index (χ1n) is 7.76. The van der Waals surface area contributed by atoms with E-state index in [0.717, 1.165) is 25.9 Å². The van der Waals surface area contributed by atoms with Crippen LogP contribution in [0.3, 0.4) is 0 Å². The van der Waals surface area contributed by atoms with Crippen LogP contribution in [0.25, 0.3) is 0 Å². The van der Waals surface area contributed by atoms with Crippen LogP contribution in [0, 0.1) is 11.7 Å². The van der Waals surface area contributed by atoms with Gasteiger partial charge in [0.2, 0.25) is 0 Å². The maximum absolute atomic E-state index is 13.2. The number of hydrogen-bond acceptors (Lipinski definition) is 2. The van der Waals surface area contributed by atoms with Crippen molar-refractivity contribution in [3.8, 4) is 0 Å². The molecule has 1 aliphatic heterocycles. The van der Waals surface area contributed by atoms with E-state index in [2.05, 4.69) is 11.9 Å². The monoisotopic (exact) mass is 306 g/mol. The molecule has 1 heterocycles. The van der Waals surface area contributed by atoms with Gasteiger partial charge >= 0.3 is 0 Å². The van der Waals surface area contributed by atoms with Crippen molar-refractivity contribution < 1.29 is 13.9 Å². The summed E-state index contributed by atoms with van der Waals surface area (Å²) in [6.45, 7) is 7.66. The van der Waals surface area contributed by atoms with E-state index in [9.17, 15) is 9.18 Å². The summed E-state index contributed by atoms with van der Waals surface area (Å²) in [7, 11) is 0. The zero-order valence-electron chi connectivity index (χ0n) is 13.4. The van der Waals surface area contributed by atoms with Gasteiger partial charge in [0.1, 0.15) is 5.82 Å². The molecule has 1 saturated heterocycles. The first-order chi connectivity index (χ1) is 10.5. The standard InChI is InChI=1S/C17H23FN2O2/c1-12(2)22-17(20-9-7-13(3)8-10-20)19-16(21)14-5-4-6-15(18)11-14/h4-6,11-13H,7-10H2,1-3H3. The van der Waals surface area contributed by atoms with E-state index in [1.165, 1.54) is 18.2 Å². The lowest BCUT2D eigenvalue weighted by atomic mass is 10.00. The van der Waals surface area contributed by atoms with Crippen molar-refractivity contribution in [3.05, 3.63) is 35.6 Å². The Kier molecular flexibility index (Phi) is 5.52. The summed E-state index contributed by atoms with van der Waals surface area (Å²) in [5.74, 6) is -0.247. The molecule has 0 saturated carbocycles. The number of carbonyl (C=O) groups excluding carboxylic acids is 1. The molecule has 22 heavy (non-hydrogen) atoms. The van der Waals surface area contributed by atoms with Crippen molar-refractivity contribution in [2.24, 2.45) is 10.9 Å². The highest BCUT2D eigenvalue weighted by atomic mass is 19.1. The SMILES string of the molecule is CC1CCN(C(=NC(=O)c2cccc(F)c2)OC(C)C)CC1. The Balaban J connectivity index is 2.18. The summed E-state index contributed by atoms with van der Waals surface area (Å²) in [6.07, 6.45) is 2.03. The first kappa shape index (κ1) is 16.5. The zero-order valence-corrected chi connectivity index (χ0v) is 13.4. The van der Waals surface area contributed by atoms with Gasteiger partial charge in [0.15, 0.2) is 0 Å². The molecule has 1 aromatic rings. The Morgan fingerprint density at radius 3 is 2.64 bits per heavy atom. The molecule has 4 nitrogen and oxygen atoms in total. The number of rotatable bonds is 2. The Morgan fingerprint density at radius 2 is 2.05 bits per heavy atom. The third kappa shape index (κ3) is 4.55. The van der Waals surface area contributed by atoms with Crippen molar-refractivity contribution in [2.75, 3.05) is 13.1 Å². The molecular weight excluding hydrogens is 283 g/mol. The summed E-state index contributed by atoms with van der Waals surface area (Å²) in [5, 5.41) is 0. The number of likely N-dealkylation sites (tertiary alicyclic amines) is 1. The van der Waals surface area contributed by atoms with Gasteiger partial charge in [-0.1, -0.05) is 13.0 Å². The van der Waals surface area contributed by atoms with E-state index in [1.807, 2.05) is 18.7 Å². The normalized spacial score (nSPS) is 17.0. The number of benzene rings is 1. The fourth-order valence-electron chi connectivity index (χ4n) is 2.36. The predicted octanol–water partition coefficient (Wildman–Crippen LogP) is 3.48. The van der Waals surface area contributed by atoms with Crippen molar-refractivity contribution in [3.63, 3.8) is 0 Å². The number of nitrogens with zero attached hydrogens (tertiary/aromatic N) is 2. The van der Waals surface area contributed by atoms with Gasteiger partial charge in [-0.3, -0.25) is 4.79 Å². The quantitative estimate of drug-likeness (QED) is 0.620. The molecule has 0 bridgehead atoms. The second-order valence-electron chi connectivity index (χ2n) is 6.05. The number of piperidine rings is 1.